The van der Waals surface area contributed by atoms with Crippen LogP contribution in [0, 0.1) is 5.82 Å². The first-order valence-electron chi connectivity index (χ1n) is 10.3. The van der Waals surface area contributed by atoms with Gasteiger partial charge in [-0.25, -0.2) is 4.39 Å². The fraction of sp³-hybridized carbons (Fsp3) is 0.231. The minimum absolute atomic E-state index is 0.241. The summed E-state index contributed by atoms with van der Waals surface area (Å²) >= 11 is 0. The van der Waals surface area contributed by atoms with E-state index in [1.807, 2.05) is 31.2 Å². The predicted molar refractivity (Wildman–Crippen MR) is 123 cm³/mol. The van der Waals surface area contributed by atoms with Gasteiger partial charge in [-0.05, 0) is 62.2 Å². The zero-order valence-electron chi connectivity index (χ0n) is 18.5. The molecule has 1 atom stereocenters. The topological polar surface area (TPSA) is 60.5 Å². The number of fused-ring (bicyclic) bond motifs is 1. The van der Waals surface area contributed by atoms with E-state index in [4.69, 9.17) is 9.47 Å². The maximum Gasteiger partial charge on any atom is 0.294 e. The van der Waals surface area contributed by atoms with Gasteiger partial charge in [0.25, 0.3) is 6.47 Å². The van der Waals surface area contributed by atoms with Gasteiger partial charge in [-0.1, -0.05) is 18.2 Å². The molecule has 0 saturated carbocycles. The molecule has 3 aromatic rings. The smallest absolute Gasteiger partial charge is 0.294 e. The Kier molecular flexibility index (Phi) is 5.70. The van der Waals surface area contributed by atoms with Crippen molar-refractivity contribution >= 4 is 17.7 Å². The highest BCUT2D eigenvalue weighted by Gasteiger charge is 2.32. The molecule has 2 aromatic carbocycles. The lowest BCUT2D eigenvalue weighted by Gasteiger charge is -2.34. The molecule has 2 heterocycles. The summed E-state index contributed by atoms with van der Waals surface area (Å²) in [6.45, 7) is 6.65. The van der Waals surface area contributed by atoms with E-state index in [9.17, 15) is 9.18 Å². The molecule has 0 radical (unpaired) electrons. The Morgan fingerprint density at radius 2 is 1.91 bits per heavy atom. The summed E-state index contributed by atoms with van der Waals surface area (Å²) in [4.78, 5) is 16.0. The van der Waals surface area contributed by atoms with Crippen molar-refractivity contribution < 1.29 is 18.7 Å². The van der Waals surface area contributed by atoms with E-state index in [1.54, 1.807) is 18.3 Å². The summed E-state index contributed by atoms with van der Waals surface area (Å²) < 4.78 is 25.1. The van der Waals surface area contributed by atoms with Crippen LogP contribution in [0.15, 0.2) is 60.8 Å². The molecular weight excluding hydrogens is 407 g/mol. The molecule has 0 aliphatic carbocycles. The SMILES string of the molecule is COc1cc(F)ccc1-c1ccc2c(c1C(OC=O)c1ccccn1)C(C)=CC(C)(C)N2. The number of rotatable bonds is 6. The first-order valence-corrected chi connectivity index (χ1v) is 10.3. The van der Waals surface area contributed by atoms with Gasteiger partial charge in [0.1, 0.15) is 11.6 Å². The summed E-state index contributed by atoms with van der Waals surface area (Å²) in [6.07, 6.45) is 3.04. The highest BCUT2D eigenvalue weighted by molar-refractivity contribution is 5.89. The Hall–Kier alpha value is -3.67. The third kappa shape index (κ3) is 3.96. The molecule has 32 heavy (non-hydrogen) atoms. The van der Waals surface area contributed by atoms with Gasteiger partial charge in [-0.3, -0.25) is 9.78 Å². The highest BCUT2D eigenvalue weighted by atomic mass is 19.1. The number of anilines is 1. The summed E-state index contributed by atoms with van der Waals surface area (Å²) in [5.41, 5.74) is 5.46. The number of hydrogen-bond donors (Lipinski definition) is 1. The number of methoxy groups -OCH3 is 1. The lowest BCUT2D eigenvalue weighted by Crippen LogP contribution is -2.32. The van der Waals surface area contributed by atoms with Gasteiger partial charge in [-0.15, -0.1) is 0 Å². The Labute approximate surface area is 186 Å². The van der Waals surface area contributed by atoms with Gasteiger partial charge in [0.2, 0.25) is 0 Å². The van der Waals surface area contributed by atoms with Crippen molar-refractivity contribution in [2.75, 3.05) is 12.4 Å². The number of ether oxygens (including phenoxy) is 2. The highest BCUT2D eigenvalue weighted by Crippen LogP contribution is 2.46. The van der Waals surface area contributed by atoms with Crippen molar-refractivity contribution in [2.45, 2.75) is 32.4 Å². The van der Waals surface area contributed by atoms with Crippen molar-refractivity contribution in [1.82, 2.24) is 4.98 Å². The van der Waals surface area contributed by atoms with Crippen LogP contribution in [0.4, 0.5) is 10.1 Å². The maximum atomic E-state index is 13.9. The second-order valence-electron chi connectivity index (χ2n) is 8.33. The van der Waals surface area contributed by atoms with Gasteiger partial charge in [0.05, 0.1) is 18.3 Å². The van der Waals surface area contributed by atoms with Gasteiger partial charge < -0.3 is 14.8 Å². The average Bonchev–Trinajstić information content (AvgIpc) is 2.76. The number of allylic oxidation sites excluding steroid dienone is 1. The number of halogens is 1. The Morgan fingerprint density at radius 3 is 2.59 bits per heavy atom. The standard InChI is InChI=1S/C26H25FN2O3/c1-16-14-26(2,3)29-20-11-10-19(18-9-8-17(27)13-22(18)31-4)24(23(16)20)25(32-15-30)21-7-5-6-12-28-21/h5-15,25,29H,1-4H3. The monoisotopic (exact) mass is 432 g/mol. The van der Waals surface area contributed by atoms with Crippen LogP contribution >= 0.6 is 0 Å². The Balaban J connectivity index is 2.06. The van der Waals surface area contributed by atoms with Crippen LogP contribution in [0.5, 0.6) is 5.75 Å². The molecule has 1 aliphatic rings. The minimum atomic E-state index is -0.764. The zero-order chi connectivity index (χ0) is 22.9. The summed E-state index contributed by atoms with van der Waals surface area (Å²) in [5, 5.41) is 3.54. The molecule has 1 unspecified atom stereocenters. The van der Waals surface area contributed by atoms with Gasteiger partial charge in [-0.2, -0.15) is 0 Å². The number of benzene rings is 2. The molecule has 1 aromatic heterocycles. The van der Waals surface area contributed by atoms with Crippen LogP contribution in [-0.2, 0) is 9.53 Å². The minimum Gasteiger partial charge on any atom is -0.496 e. The molecule has 1 aliphatic heterocycles. The zero-order valence-corrected chi connectivity index (χ0v) is 18.5. The molecule has 0 fully saturated rings. The van der Waals surface area contributed by atoms with Gasteiger partial charge in [0.15, 0.2) is 6.10 Å². The third-order valence-corrected chi connectivity index (χ3v) is 5.54. The lowest BCUT2D eigenvalue weighted by molar-refractivity contribution is -0.132. The van der Waals surface area contributed by atoms with E-state index < -0.39 is 11.9 Å². The Bertz CT molecular complexity index is 1190. The third-order valence-electron chi connectivity index (χ3n) is 5.54. The summed E-state index contributed by atoms with van der Waals surface area (Å²) in [6, 6.07) is 13.8. The fourth-order valence-corrected chi connectivity index (χ4v) is 4.41. The first-order chi connectivity index (χ1) is 15.3. The predicted octanol–water partition coefficient (Wildman–Crippen LogP) is 5.77. The number of aromatic nitrogens is 1. The number of carbonyl (C=O) groups excluding carboxylic acids is 1. The quantitative estimate of drug-likeness (QED) is 0.502. The van der Waals surface area contributed by atoms with Crippen LogP contribution < -0.4 is 10.1 Å². The molecule has 1 N–H and O–H groups in total. The number of carbonyl (C=O) groups is 1. The van der Waals surface area contributed by atoms with Crippen LogP contribution in [0.3, 0.4) is 0 Å². The molecule has 0 saturated heterocycles. The Morgan fingerprint density at radius 1 is 1.12 bits per heavy atom. The van der Waals surface area contributed by atoms with E-state index >= 15 is 0 Å². The van der Waals surface area contributed by atoms with E-state index in [1.165, 1.54) is 19.2 Å². The van der Waals surface area contributed by atoms with Gasteiger partial charge >= 0.3 is 0 Å². The van der Waals surface area contributed by atoms with Crippen molar-refractivity contribution in [3.05, 3.63) is 83.4 Å². The first kappa shape index (κ1) is 21.6. The van der Waals surface area contributed by atoms with E-state index in [0.717, 1.165) is 28.0 Å². The molecule has 0 spiro atoms. The number of nitrogens with one attached hydrogen (secondary N) is 1. The van der Waals surface area contributed by atoms with E-state index in [2.05, 4.69) is 30.2 Å². The number of pyridine rings is 1. The largest absolute Gasteiger partial charge is 0.496 e. The number of hydrogen-bond acceptors (Lipinski definition) is 5. The van der Waals surface area contributed by atoms with Crippen molar-refractivity contribution in [3.8, 4) is 16.9 Å². The molecule has 5 nitrogen and oxygen atoms in total. The summed E-state index contributed by atoms with van der Waals surface area (Å²) in [5.74, 6) is -0.00201. The van der Waals surface area contributed by atoms with Gasteiger partial charge in [0, 0.05) is 34.6 Å². The average molecular weight is 432 g/mol. The van der Waals surface area contributed by atoms with E-state index in [-0.39, 0.29) is 5.54 Å². The lowest BCUT2D eigenvalue weighted by atomic mass is 9.82. The second kappa shape index (κ2) is 8.46. The molecular formula is C26H25FN2O3. The second-order valence-corrected chi connectivity index (χ2v) is 8.33. The van der Waals surface area contributed by atoms with E-state index in [0.29, 0.717) is 23.5 Å². The van der Waals surface area contributed by atoms with Crippen LogP contribution in [0.1, 0.15) is 43.7 Å². The van der Waals surface area contributed by atoms with Crippen LogP contribution in [0.25, 0.3) is 16.7 Å². The molecule has 6 heteroatoms. The molecule has 164 valence electrons. The van der Waals surface area contributed by atoms with Crippen molar-refractivity contribution in [1.29, 1.82) is 0 Å². The maximum absolute atomic E-state index is 13.9. The number of nitrogens with zero attached hydrogens (tertiary/aromatic N) is 1. The summed E-state index contributed by atoms with van der Waals surface area (Å²) in [7, 11) is 1.50. The fourth-order valence-electron chi connectivity index (χ4n) is 4.41. The van der Waals surface area contributed by atoms with Crippen LogP contribution in [-0.4, -0.2) is 24.1 Å². The molecule has 0 bridgehead atoms. The molecule has 4 rings (SSSR count). The van der Waals surface area contributed by atoms with Crippen LogP contribution in [0.2, 0.25) is 0 Å². The molecule has 0 amide bonds. The van der Waals surface area contributed by atoms with Crippen molar-refractivity contribution in [3.63, 3.8) is 0 Å². The normalized spacial score (nSPS) is 15.1. The van der Waals surface area contributed by atoms with Crippen molar-refractivity contribution in [2.24, 2.45) is 0 Å².